The Hall–Kier alpha value is -2.74. The van der Waals surface area contributed by atoms with E-state index in [9.17, 15) is 17.6 Å². The van der Waals surface area contributed by atoms with Crippen LogP contribution in [0.3, 0.4) is 0 Å². The van der Waals surface area contributed by atoms with Crippen molar-refractivity contribution in [3.63, 3.8) is 0 Å². The highest BCUT2D eigenvalue weighted by Gasteiger charge is 2.18. The summed E-state index contributed by atoms with van der Waals surface area (Å²) >= 11 is 6.01. The highest BCUT2D eigenvalue weighted by molar-refractivity contribution is 7.89. The van der Waals surface area contributed by atoms with Crippen LogP contribution in [-0.4, -0.2) is 26.0 Å². The third-order valence-electron chi connectivity index (χ3n) is 5.52. The maximum Gasteiger partial charge on any atom is 0.303 e. The van der Waals surface area contributed by atoms with Gasteiger partial charge in [0.1, 0.15) is 10.7 Å². The van der Waals surface area contributed by atoms with Crippen molar-refractivity contribution in [2.75, 3.05) is 6.54 Å². The van der Waals surface area contributed by atoms with Crippen molar-refractivity contribution in [1.29, 1.82) is 0 Å². The van der Waals surface area contributed by atoms with Gasteiger partial charge in [0, 0.05) is 18.9 Å². The summed E-state index contributed by atoms with van der Waals surface area (Å²) in [4.78, 5) is 11.2. The zero-order chi connectivity index (χ0) is 24.0. The van der Waals surface area contributed by atoms with Crippen molar-refractivity contribution >= 4 is 27.6 Å². The molecule has 0 heterocycles. The van der Waals surface area contributed by atoms with Gasteiger partial charge in [-0.3, -0.25) is 4.79 Å². The van der Waals surface area contributed by atoms with Gasteiger partial charge in [-0.25, -0.2) is 17.5 Å². The standard InChI is InChI=1S/C25H25ClFNO4S/c1-17(18-8-11-22(27)12-9-18)20-7-6-19(21(16-20)10-13-25(29)30)14-15-28-33(31,32)24-5-3-2-4-23(24)26/h2-9,11-12,16-17,28H,10,13-15H2,1H3,(H,29,30). The van der Waals surface area contributed by atoms with Crippen molar-refractivity contribution in [1.82, 2.24) is 4.72 Å². The molecule has 0 aliphatic heterocycles. The van der Waals surface area contributed by atoms with E-state index in [1.807, 2.05) is 25.1 Å². The Labute approximate surface area is 198 Å². The summed E-state index contributed by atoms with van der Waals surface area (Å²) in [6.45, 7) is 2.14. The highest BCUT2D eigenvalue weighted by Crippen LogP contribution is 2.27. The molecule has 3 aromatic carbocycles. The first-order valence-electron chi connectivity index (χ1n) is 10.5. The quantitative estimate of drug-likeness (QED) is 0.411. The number of carboxylic acids is 1. The Morgan fingerprint density at radius 1 is 1.00 bits per heavy atom. The van der Waals surface area contributed by atoms with Gasteiger partial charge in [-0.05, 0) is 59.4 Å². The fourth-order valence-corrected chi connectivity index (χ4v) is 5.19. The number of carboxylic acid groups (broad SMARTS) is 1. The van der Waals surface area contributed by atoms with Crippen LogP contribution in [0.2, 0.25) is 5.02 Å². The Balaban J connectivity index is 1.78. The molecule has 0 amide bonds. The number of nitrogens with one attached hydrogen (secondary N) is 1. The second kappa shape index (κ2) is 10.9. The maximum atomic E-state index is 13.3. The molecule has 0 saturated heterocycles. The molecule has 1 unspecified atom stereocenters. The predicted octanol–water partition coefficient (Wildman–Crippen LogP) is 5.17. The number of sulfonamides is 1. The number of carbonyl (C=O) groups is 1. The van der Waals surface area contributed by atoms with Crippen molar-refractivity contribution in [3.8, 4) is 0 Å². The van der Waals surface area contributed by atoms with E-state index < -0.39 is 16.0 Å². The van der Waals surface area contributed by atoms with Crippen LogP contribution in [0.5, 0.6) is 0 Å². The third kappa shape index (κ3) is 6.63. The van der Waals surface area contributed by atoms with E-state index in [4.69, 9.17) is 16.7 Å². The van der Waals surface area contributed by atoms with Crippen molar-refractivity contribution in [2.24, 2.45) is 0 Å². The third-order valence-corrected chi connectivity index (χ3v) is 7.48. The molecule has 2 N–H and O–H groups in total. The molecule has 0 aromatic heterocycles. The summed E-state index contributed by atoms with van der Waals surface area (Å²) in [5, 5.41) is 9.29. The highest BCUT2D eigenvalue weighted by atomic mass is 35.5. The van der Waals surface area contributed by atoms with Gasteiger partial charge in [0.15, 0.2) is 0 Å². The average Bonchev–Trinajstić information content (AvgIpc) is 2.78. The Kier molecular flexibility index (Phi) is 8.24. The summed E-state index contributed by atoms with van der Waals surface area (Å²) in [5.41, 5.74) is 3.64. The van der Waals surface area contributed by atoms with E-state index in [0.717, 1.165) is 22.3 Å². The number of aryl methyl sites for hydroxylation is 1. The van der Waals surface area contributed by atoms with E-state index >= 15 is 0 Å². The molecule has 0 aliphatic rings. The molecule has 0 bridgehead atoms. The van der Waals surface area contributed by atoms with Crippen LogP contribution in [0.1, 0.15) is 41.5 Å². The molecule has 1 atom stereocenters. The van der Waals surface area contributed by atoms with E-state index in [1.54, 1.807) is 24.3 Å². The minimum atomic E-state index is -3.77. The molecular formula is C25H25ClFNO4S. The fraction of sp³-hybridized carbons (Fsp3) is 0.240. The number of aliphatic carboxylic acids is 1. The molecule has 0 fully saturated rings. The number of halogens is 2. The first-order chi connectivity index (χ1) is 15.7. The molecule has 5 nitrogen and oxygen atoms in total. The lowest BCUT2D eigenvalue weighted by atomic mass is 9.89. The van der Waals surface area contributed by atoms with Gasteiger partial charge >= 0.3 is 5.97 Å². The molecule has 3 rings (SSSR count). The molecule has 0 spiro atoms. The van der Waals surface area contributed by atoms with Crippen LogP contribution in [-0.2, 0) is 27.7 Å². The summed E-state index contributed by atoms with van der Waals surface area (Å²) < 4.78 is 41.0. The van der Waals surface area contributed by atoms with Gasteiger partial charge < -0.3 is 5.11 Å². The predicted molar refractivity (Wildman–Crippen MR) is 127 cm³/mol. The Morgan fingerprint density at radius 3 is 2.33 bits per heavy atom. The second-order valence-electron chi connectivity index (χ2n) is 7.77. The van der Waals surface area contributed by atoms with Gasteiger partial charge in [-0.15, -0.1) is 0 Å². The normalized spacial score (nSPS) is 12.5. The number of hydrogen-bond donors (Lipinski definition) is 2. The molecular weight excluding hydrogens is 465 g/mol. The summed E-state index contributed by atoms with van der Waals surface area (Å²) in [6.07, 6.45) is 0.683. The fourth-order valence-electron chi connectivity index (χ4n) is 3.64. The number of benzene rings is 3. The first kappa shape index (κ1) is 24.9. The molecule has 0 radical (unpaired) electrons. The van der Waals surface area contributed by atoms with Gasteiger partial charge in [-0.1, -0.05) is 61.0 Å². The summed E-state index contributed by atoms with van der Waals surface area (Å²) in [6, 6.07) is 18.3. The maximum absolute atomic E-state index is 13.3. The zero-order valence-corrected chi connectivity index (χ0v) is 19.7. The van der Waals surface area contributed by atoms with Crippen molar-refractivity contribution in [3.05, 3.63) is 99.8 Å². The molecule has 3 aromatic rings. The topological polar surface area (TPSA) is 83.5 Å². The first-order valence-corrected chi connectivity index (χ1v) is 12.4. The monoisotopic (exact) mass is 489 g/mol. The molecule has 174 valence electrons. The zero-order valence-electron chi connectivity index (χ0n) is 18.1. The van der Waals surface area contributed by atoms with Gasteiger partial charge in [-0.2, -0.15) is 0 Å². The molecule has 8 heteroatoms. The van der Waals surface area contributed by atoms with Crippen molar-refractivity contribution < 1.29 is 22.7 Å². The van der Waals surface area contributed by atoms with Crippen LogP contribution in [0.25, 0.3) is 0 Å². The lowest BCUT2D eigenvalue weighted by Crippen LogP contribution is -2.26. The number of hydrogen-bond acceptors (Lipinski definition) is 3. The SMILES string of the molecule is CC(c1ccc(F)cc1)c1ccc(CCNS(=O)(=O)c2ccccc2Cl)c(CCC(=O)O)c1. The van der Waals surface area contributed by atoms with Crippen LogP contribution < -0.4 is 4.72 Å². The lowest BCUT2D eigenvalue weighted by Gasteiger charge is -2.17. The molecule has 0 saturated carbocycles. The molecule has 0 aliphatic carbocycles. The summed E-state index contributed by atoms with van der Waals surface area (Å²) in [5.74, 6) is -1.22. The average molecular weight is 490 g/mol. The van der Waals surface area contributed by atoms with Gasteiger partial charge in [0.2, 0.25) is 10.0 Å². The Morgan fingerprint density at radius 2 is 1.67 bits per heavy atom. The van der Waals surface area contributed by atoms with E-state index in [0.29, 0.717) is 12.8 Å². The largest absolute Gasteiger partial charge is 0.481 e. The van der Waals surface area contributed by atoms with Gasteiger partial charge in [0.25, 0.3) is 0 Å². The van der Waals surface area contributed by atoms with E-state index in [-0.39, 0.29) is 34.6 Å². The second-order valence-corrected chi connectivity index (χ2v) is 9.92. The lowest BCUT2D eigenvalue weighted by molar-refractivity contribution is -0.136. The Bertz CT molecular complexity index is 1230. The number of rotatable bonds is 10. The van der Waals surface area contributed by atoms with Crippen LogP contribution >= 0.6 is 11.6 Å². The van der Waals surface area contributed by atoms with Crippen LogP contribution in [0, 0.1) is 5.82 Å². The summed E-state index contributed by atoms with van der Waals surface area (Å²) in [7, 11) is -3.77. The molecule has 33 heavy (non-hydrogen) atoms. The van der Waals surface area contributed by atoms with Crippen LogP contribution in [0.4, 0.5) is 4.39 Å². The smallest absolute Gasteiger partial charge is 0.303 e. The van der Waals surface area contributed by atoms with Gasteiger partial charge in [0.05, 0.1) is 5.02 Å². The minimum absolute atomic E-state index is 0.0121. The van der Waals surface area contributed by atoms with E-state index in [1.165, 1.54) is 24.3 Å². The van der Waals surface area contributed by atoms with Crippen LogP contribution in [0.15, 0.2) is 71.6 Å². The van der Waals surface area contributed by atoms with E-state index in [2.05, 4.69) is 4.72 Å². The van der Waals surface area contributed by atoms with Crippen molar-refractivity contribution in [2.45, 2.75) is 37.0 Å². The minimum Gasteiger partial charge on any atom is -0.481 e.